The summed E-state index contributed by atoms with van der Waals surface area (Å²) in [5, 5.41) is 1.57. The molecule has 0 atom stereocenters. The first-order chi connectivity index (χ1) is 6.79. The molecule has 0 saturated heterocycles. The first kappa shape index (κ1) is 9.09. The van der Waals surface area contributed by atoms with E-state index in [4.69, 9.17) is 0 Å². The van der Waals surface area contributed by atoms with Gasteiger partial charge in [-0.2, -0.15) is 0 Å². The smallest absolute Gasteiger partial charge is 0.205 e. The molecule has 0 aliphatic heterocycles. The lowest BCUT2D eigenvalue weighted by Crippen LogP contribution is -1.99. The number of hydrogen-bond donors (Lipinski definition) is 0. The van der Waals surface area contributed by atoms with Gasteiger partial charge in [0.2, 0.25) is 5.78 Å². The first-order valence-electron chi connectivity index (χ1n) is 4.12. The molecule has 0 N–H and O–H groups in total. The topological polar surface area (TPSA) is 17.1 Å². The Hall–Kier alpha value is -1.48. The van der Waals surface area contributed by atoms with Crippen LogP contribution in [0.1, 0.15) is 15.2 Å². The predicted octanol–water partition coefficient (Wildman–Crippen LogP) is 3.12. The van der Waals surface area contributed by atoms with Crippen molar-refractivity contribution in [3.05, 3.63) is 58.0 Å². The maximum Gasteiger partial charge on any atom is 0.205 e. The molecule has 0 bridgehead atoms. The van der Waals surface area contributed by atoms with Gasteiger partial charge in [-0.3, -0.25) is 4.79 Å². The van der Waals surface area contributed by atoms with Gasteiger partial charge in [-0.15, -0.1) is 11.3 Å². The van der Waals surface area contributed by atoms with Crippen LogP contribution in [0, 0.1) is 5.82 Å². The fourth-order valence-corrected chi connectivity index (χ4v) is 1.91. The quantitative estimate of drug-likeness (QED) is 0.690. The SMILES string of the molecule is O=C(c1ccccc1)c1sccc1F. The fourth-order valence-electron chi connectivity index (χ4n) is 1.18. The Morgan fingerprint density at radius 3 is 2.43 bits per heavy atom. The monoisotopic (exact) mass is 206 g/mol. The van der Waals surface area contributed by atoms with Gasteiger partial charge < -0.3 is 0 Å². The fraction of sp³-hybridized carbons (Fsp3) is 0. The Balaban J connectivity index is 2.39. The highest BCUT2D eigenvalue weighted by atomic mass is 32.1. The van der Waals surface area contributed by atoms with E-state index < -0.39 is 5.82 Å². The summed E-state index contributed by atoms with van der Waals surface area (Å²) < 4.78 is 13.1. The van der Waals surface area contributed by atoms with Crippen molar-refractivity contribution in [2.75, 3.05) is 0 Å². The second-order valence-electron chi connectivity index (χ2n) is 2.79. The van der Waals surface area contributed by atoms with E-state index in [1.165, 1.54) is 6.07 Å². The molecule has 0 saturated carbocycles. The molecule has 2 aromatic rings. The van der Waals surface area contributed by atoms with E-state index in [2.05, 4.69) is 0 Å². The Kier molecular flexibility index (Phi) is 2.41. The maximum absolute atomic E-state index is 13.1. The highest BCUT2D eigenvalue weighted by Crippen LogP contribution is 2.18. The van der Waals surface area contributed by atoms with Crippen LogP contribution in [0.5, 0.6) is 0 Å². The van der Waals surface area contributed by atoms with Gasteiger partial charge in [0.1, 0.15) is 10.7 Å². The van der Waals surface area contributed by atoms with Crippen LogP contribution < -0.4 is 0 Å². The van der Waals surface area contributed by atoms with Crippen molar-refractivity contribution < 1.29 is 9.18 Å². The highest BCUT2D eigenvalue weighted by Gasteiger charge is 2.14. The summed E-state index contributed by atoms with van der Waals surface area (Å²) in [7, 11) is 0. The minimum Gasteiger partial charge on any atom is -0.288 e. The largest absolute Gasteiger partial charge is 0.288 e. The lowest BCUT2D eigenvalue weighted by molar-refractivity contribution is 0.103. The Bertz CT molecular complexity index is 447. The van der Waals surface area contributed by atoms with Crippen LogP contribution in [0.3, 0.4) is 0 Å². The molecule has 3 heteroatoms. The summed E-state index contributed by atoms with van der Waals surface area (Å²) in [4.78, 5) is 11.9. The summed E-state index contributed by atoms with van der Waals surface area (Å²) in [6.07, 6.45) is 0. The molecule has 0 amide bonds. The molecule has 0 aliphatic carbocycles. The van der Waals surface area contributed by atoms with Crippen LogP contribution in [0.4, 0.5) is 4.39 Å². The van der Waals surface area contributed by atoms with Crippen molar-refractivity contribution in [3.63, 3.8) is 0 Å². The van der Waals surface area contributed by atoms with Crippen LogP contribution in [-0.4, -0.2) is 5.78 Å². The summed E-state index contributed by atoms with van der Waals surface area (Å²) >= 11 is 1.13. The van der Waals surface area contributed by atoms with Crippen molar-refractivity contribution in [1.82, 2.24) is 0 Å². The van der Waals surface area contributed by atoms with Gasteiger partial charge in [0.15, 0.2) is 0 Å². The number of carbonyl (C=O) groups is 1. The van der Waals surface area contributed by atoms with Crippen LogP contribution >= 0.6 is 11.3 Å². The van der Waals surface area contributed by atoms with Gasteiger partial charge in [0.25, 0.3) is 0 Å². The zero-order valence-electron chi connectivity index (χ0n) is 7.24. The molecule has 0 unspecified atom stereocenters. The normalized spacial score (nSPS) is 10.1. The van der Waals surface area contributed by atoms with Crippen molar-refractivity contribution in [3.8, 4) is 0 Å². The summed E-state index contributed by atoms with van der Waals surface area (Å²) in [5.74, 6) is -0.693. The van der Waals surface area contributed by atoms with Crippen molar-refractivity contribution in [2.24, 2.45) is 0 Å². The van der Waals surface area contributed by atoms with Crippen molar-refractivity contribution in [2.45, 2.75) is 0 Å². The van der Waals surface area contributed by atoms with Gasteiger partial charge in [-0.05, 0) is 11.4 Å². The van der Waals surface area contributed by atoms with Crippen LogP contribution in [0.15, 0.2) is 41.8 Å². The van der Waals surface area contributed by atoms with E-state index >= 15 is 0 Å². The third kappa shape index (κ3) is 1.59. The second kappa shape index (κ2) is 3.72. The van der Waals surface area contributed by atoms with Crippen LogP contribution in [-0.2, 0) is 0 Å². The number of benzene rings is 1. The Labute approximate surface area is 84.8 Å². The number of ketones is 1. The summed E-state index contributed by atoms with van der Waals surface area (Å²) in [6.45, 7) is 0. The van der Waals surface area contributed by atoms with E-state index in [1.54, 1.807) is 29.6 Å². The van der Waals surface area contributed by atoms with Crippen molar-refractivity contribution in [1.29, 1.82) is 0 Å². The van der Waals surface area contributed by atoms with Gasteiger partial charge in [-0.25, -0.2) is 4.39 Å². The average Bonchev–Trinajstić information content (AvgIpc) is 2.65. The van der Waals surface area contributed by atoms with Gasteiger partial charge in [0.05, 0.1) is 0 Å². The third-order valence-corrected chi connectivity index (χ3v) is 2.75. The molecular formula is C11H7FOS. The molecule has 14 heavy (non-hydrogen) atoms. The molecular weight excluding hydrogens is 199 g/mol. The molecule has 1 aromatic carbocycles. The summed E-state index contributed by atoms with van der Waals surface area (Å²) in [6, 6.07) is 10.0. The number of halogens is 1. The van der Waals surface area contributed by atoms with Gasteiger partial charge in [-0.1, -0.05) is 30.3 Å². The number of carbonyl (C=O) groups excluding carboxylic acids is 1. The standard InChI is InChI=1S/C11H7FOS/c12-9-6-7-14-11(9)10(13)8-4-2-1-3-5-8/h1-7H. The zero-order valence-corrected chi connectivity index (χ0v) is 8.05. The minimum atomic E-state index is -0.441. The van der Waals surface area contributed by atoms with E-state index in [0.29, 0.717) is 5.56 Å². The Morgan fingerprint density at radius 2 is 1.86 bits per heavy atom. The minimum absolute atomic E-state index is 0.177. The maximum atomic E-state index is 13.1. The molecule has 0 fully saturated rings. The third-order valence-electron chi connectivity index (χ3n) is 1.86. The number of hydrogen-bond acceptors (Lipinski definition) is 2. The first-order valence-corrected chi connectivity index (χ1v) is 5.00. The molecule has 0 aliphatic rings. The zero-order chi connectivity index (χ0) is 9.97. The number of thiophene rings is 1. The van der Waals surface area contributed by atoms with Crippen LogP contribution in [0.2, 0.25) is 0 Å². The molecule has 0 radical (unpaired) electrons. The second-order valence-corrected chi connectivity index (χ2v) is 3.71. The molecule has 1 heterocycles. The molecule has 1 nitrogen and oxygen atoms in total. The lowest BCUT2D eigenvalue weighted by Gasteiger charge is -1.96. The molecule has 70 valence electrons. The van der Waals surface area contributed by atoms with E-state index in [-0.39, 0.29) is 10.7 Å². The van der Waals surface area contributed by atoms with E-state index in [9.17, 15) is 9.18 Å². The molecule has 1 aromatic heterocycles. The lowest BCUT2D eigenvalue weighted by atomic mass is 10.1. The predicted molar refractivity (Wildman–Crippen MR) is 54.2 cm³/mol. The average molecular weight is 206 g/mol. The summed E-state index contributed by atoms with van der Waals surface area (Å²) in [5.41, 5.74) is 0.522. The number of rotatable bonds is 2. The van der Waals surface area contributed by atoms with E-state index in [0.717, 1.165) is 11.3 Å². The van der Waals surface area contributed by atoms with Gasteiger partial charge in [0, 0.05) is 5.56 Å². The van der Waals surface area contributed by atoms with Crippen LogP contribution in [0.25, 0.3) is 0 Å². The molecule has 0 spiro atoms. The van der Waals surface area contributed by atoms with E-state index in [1.807, 2.05) is 6.07 Å². The van der Waals surface area contributed by atoms with Gasteiger partial charge >= 0.3 is 0 Å². The molecule has 2 rings (SSSR count). The van der Waals surface area contributed by atoms with Crippen molar-refractivity contribution >= 4 is 17.1 Å². The Morgan fingerprint density at radius 1 is 1.14 bits per heavy atom. The highest BCUT2D eigenvalue weighted by molar-refractivity contribution is 7.12.